The van der Waals surface area contributed by atoms with Gasteiger partial charge in [0.05, 0.1) is 11.2 Å². The lowest BCUT2D eigenvalue weighted by Crippen LogP contribution is -1.89. The Morgan fingerprint density at radius 3 is 1.87 bits per heavy atom. The number of rotatable bonds is 3. The Morgan fingerprint density at radius 2 is 1.04 bits per heavy atom. The second-order valence-electron chi connectivity index (χ2n) is 12.3. The Morgan fingerprint density at radius 1 is 0.383 bits per heavy atom. The van der Waals surface area contributed by atoms with Gasteiger partial charge >= 0.3 is 0 Å². The van der Waals surface area contributed by atoms with E-state index in [1.165, 1.54) is 80.1 Å². The topological polar surface area (TPSA) is 12.9 Å². The van der Waals surface area contributed by atoms with Crippen molar-refractivity contribution in [1.82, 2.24) is 4.98 Å². The summed E-state index contributed by atoms with van der Waals surface area (Å²) in [6, 6.07) is 59.5. The van der Waals surface area contributed by atoms with Crippen LogP contribution in [-0.4, -0.2) is 4.98 Å². The maximum absolute atomic E-state index is 5.17. The SMILES string of the molecule is c1ccc(-c2nc3ccccc3c3c2ccc2c3sc3cccc(-c4ccc(-c5cc6ccccc6c6ccccc56)cc4)c32)cc1. The summed E-state index contributed by atoms with van der Waals surface area (Å²) in [7, 11) is 0. The van der Waals surface area contributed by atoms with Crippen LogP contribution in [0.25, 0.3) is 96.9 Å². The van der Waals surface area contributed by atoms with Crippen molar-refractivity contribution in [2.24, 2.45) is 0 Å². The van der Waals surface area contributed by atoms with E-state index >= 15 is 0 Å². The minimum absolute atomic E-state index is 1.03. The van der Waals surface area contributed by atoms with Gasteiger partial charge in [0.1, 0.15) is 0 Å². The van der Waals surface area contributed by atoms with E-state index in [2.05, 4.69) is 164 Å². The van der Waals surface area contributed by atoms with Crippen molar-refractivity contribution in [2.45, 2.75) is 0 Å². The van der Waals surface area contributed by atoms with Gasteiger partial charge in [-0.15, -0.1) is 11.3 Å². The van der Waals surface area contributed by atoms with Crippen molar-refractivity contribution < 1.29 is 0 Å². The highest BCUT2D eigenvalue weighted by atomic mass is 32.1. The quantitative estimate of drug-likeness (QED) is 0.181. The van der Waals surface area contributed by atoms with Crippen LogP contribution in [-0.2, 0) is 0 Å². The van der Waals surface area contributed by atoms with Crippen LogP contribution in [0, 0.1) is 0 Å². The molecule has 0 N–H and O–H groups in total. The first kappa shape index (κ1) is 26.4. The second kappa shape index (κ2) is 10.3. The molecule has 8 aromatic carbocycles. The zero-order valence-electron chi connectivity index (χ0n) is 25.4. The number of nitrogens with zero attached hydrogens (tertiary/aromatic N) is 1. The molecule has 218 valence electrons. The number of thiophene rings is 1. The summed E-state index contributed by atoms with van der Waals surface area (Å²) in [5.41, 5.74) is 8.21. The minimum Gasteiger partial charge on any atom is -0.247 e. The van der Waals surface area contributed by atoms with E-state index < -0.39 is 0 Å². The molecule has 2 heteroatoms. The average Bonchev–Trinajstić information content (AvgIpc) is 3.54. The van der Waals surface area contributed by atoms with Gasteiger partial charge in [0.15, 0.2) is 0 Å². The third kappa shape index (κ3) is 4.05. The van der Waals surface area contributed by atoms with Gasteiger partial charge < -0.3 is 0 Å². The molecule has 10 rings (SSSR count). The monoisotopic (exact) mass is 613 g/mol. The molecule has 2 aromatic heterocycles. The van der Waals surface area contributed by atoms with Gasteiger partial charge in [-0.25, -0.2) is 4.98 Å². The van der Waals surface area contributed by atoms with Crippen LogP contribution in [0.15, 0.2) is 164 Å². The highest BCUT2D eigenvalue weighted by Gasteiger charge is 2.18. The number of hydrogen-bond acceptors (Lipinski definition) is 2. The normalized spacial score (nSPS) is 11.8. The van der Waals surface area contributed by atoms with Crippen molar-refractivity contribution >= 4 is 74.7 Å². The fraction of sp³-hybridized carbons (Fsp3) is 0. The summed E-state index contributed by atoms with van der Waals surface area (Å²) in [5.74, 6) is 0. The fourth-order valence-corrected chi connectivity index (χ4v) is 8.79. The molecular weight excluding hydrogens is 587 g/mol. The largest absolute Gasteiger partial charge is 0.247 e. The number of benzene rings is 8. The van der Waals surface area contributed by atoms with Gasteiger partial charge in [0.2, 0.25) is 0 Å². The molecule has 0 fully saturated rings. The third-order valence-corrected chi connectivity index (χ3v) is 10.8. The Balaban J connectivity index is 1.18. The Bertz CT molecular complexity index is 2830. The first-order valence-corrected chi connectivity index (χ1v) is 16.9. The second-order valence-corrected chi connectivity index (χ2v) is 13.3. The molecule has 2 heterocycles. The molecule has 0 radical (unpaired) electrons. The zero-order valence-corrected chi connectivity index (χ0v) is 26.3. The smallest absolute Gasteiger partial charge is 0.0788 e. The summed E-state index contributed by atoms with van der Waals surface area (Å²) in [4.78, 5) is 5.17. The summed E-state index contributed by atoms with van der Waals surface area (Å²) in [6.45, 7) is 0. The molecule has 0 saturated heterocycles. The van der Waals surface area contributed by atoms with E-state index in [-0.39, 0.29) is 0 Å². The molecule has 0 atom stereocenters. The predicted molar refractivity (Wildman–Crippen MR) is 203 cm³/mol. The highest BCUT2D eigenvalue weighted by molar-refractivity contribution is 7.27. The summed E-state index contributed by atoms with van der Waals surface area (Å²) in [6.07, 6.45) is 0. The Labute approximate surface area is 276 Å². The lowest BCUT2D eigenvalue weighted by Gasteiger charge is -2.12. The summed E-state index contributed by atoms with van der Waals surface area (Å²) in [5, 5.41) is 11.5. The number of hydrogen-bond donors (Lipinski definition) is 0. The van der Waals surface area contributed by atoms with Crippen LogP contribution in [0.5, 0.6) is 0 Å². The number of para-hydroxylation sites is 1. The summed E-state index contributed by atoms with van der Waals surface area (Å²) >= 11 is 1.89. The molecule has 0 spiro atoms. The van der Waals surface area contributed by atoms with Crippen molar-refractivity contribution in [3.05, 3.63) is 164 Å². The highest BCUT2D eigenvalue weighted by Crippen LogP contribution is 2.46. The van der Waals surface area contributed by atoms with Gasteiger partial charge in [-0.05, 0) is 62.0 Å². The average molecular weight is 614 g/mol. The lowest BCUT2D eigenvalue weighted by atomic mass is 9.91. The molecule has 0 amide bonds. The van der Waals surface area contributed by atoms with E-state index in [1.54, 1.807) is 0 Å². The Hall–Kier alpha value is -5.83. The number of fused-ring (bicyclic) bond motifs is 10. The van der Waals surface area contributed by atoms with Gasteiger partial charge in [0, 0.05) is 41.9 Å². The maximum atomic E-state index is 5.17. The van der Waals surface area contributed by atoms with E-state index in [1.807, 2.05) is 11.3 Å². The van der Waals surface area contributed by atoms with Gasteiger partial charge in [0.25, 0.3) is 0 Å². The molecule has 47 heavy (non-hydrogen) atoms. The number of pyridine rings is 1. The van der Waals surface area contributed by atoms with Crippen LogP contribution < -0.4 is 0 Å². The van der Waals surface area contributed by atoms with Crippen molar-refractivity contribution in [1.29, 1.82) is 0 Å². The molecule has 0 bridgehead atoms. The van der Waals surface area contributed by atoms with Gasteiger partial charge in [-0.1, -0.05) is 146 Å². The molecule has 0 aliphatic rings. The van der Waals surface area contributed by atoms with Crippen molar-refractivity contribution in [3.8, 4) is 33.5 Å². The molecule has 10 aromatic rings. The van der Waals surface area contributed by atoms with E-state index in [0.29, 0.717) is 0 Å². The molecule has 0 aliphatic carbocycles. The first-order chi connectivity index (χ1) is 23.3. The molecule has 1 nitrogen and oxygen atoms in total. The van der Waals surface area contributed by atoms with Gasteiger partial charge in [-0.2, -0.15) is 0 Å². The Kier molecular flexibility index (Phi) is 5.81. The molecular formula is C45H27NS. The van der Waals surface area contributed by atoms with Crippen LogP contribution in [0.1, 0.15) is 0 Å². The van der Waals surface area contributed by atoms with Crippen LogP contribution in [0.3, 0.4) is 0 Å². The summed E-state index contributed by atoms with van der Waals surface area (Å²) < 4.78 is 2.62. The standard InChI is InChI=1S/C45H27NS/c1-2-11-30(12-3-1)44-37-25-26-38-42-33(18-10-20-41(42)47-45(38)43(37)36-17-8-9-19-40(36)46-44)28-21-23-29(24-22-28)39-27-31-13-4-5-14-32(31)34-15-6-7-16-35(34)39/h1-27H. The van der Waals surface area contributed by atoms with Crippen LogP contribution >= 0.6 is 11.3 Å². The molecule has 0 saturated carbocycles. The first-order valence-electron chi connectivity index (χ1n) is 16.1. The zero-order chi connectivity index (χ0) is 30.9. The van der Waals surface area contributed by atoms with Crippen LogP contribution in [0.2, 0.25) is 0 Å². The molecule has 0 aliphatic heterocycles. The van der Waals surface area contributed by atoms with E-state index in [0.717, 1.165) is 16.8 Å². The third-order valence-electron chi connectivity index (χ3n) is 9.65. The van der Waals surface area contributed by atoms with Crippen LogP contribution in [0.4, 0.5) is 0 Å². The van der Waals surface area contributed by atoms with E-state index in [4.69, 9.17) is 4.98 Å². The molecule has 0 unspecified atom stereocenters. The predicted octanol–water partition coefficient (Wildman–Crippen LogP) is 13.1. The fourth-order valence-electron chi connectivity index (χ4n) is 7.50. The van der Waals surface area contributed by atoms with Gasteiger partial charge in [-0.3, -0.25) is 0 Å². The van der Waals surface area contributed by atoms with Crippen molar-refractivity contribution in [2.75, 3.05) is 0 Å². The number of aromatic nitrogens is 1. The van der Waals surface area contributed by atoms with E-state index in [9.17, 15) is 0 Å². The minimum atomic E-state index is 1.03. The maximum Gasteiger partial charge on any atom is 0.0788 e. The lowest BCUT2D eigenvalue weighted by molar-refractivity contribution is 1.43. The van der Waals surface area contributed by atoms with Crippen molar-refractivity contribution in [3.63, 3.8) is 0 Å².